The van der Waals surface area contributed by atoms with Crippen molar-refractivity contribution in [2.24, 2.45) is 0 Å². The second-order valence-electron chi connectivity index (χ2n) is 3.64. The number of anilines is 1. The molecule has 0 aliphatic carbocycles. The fraction of sp³-hybridized carbons (Fsp3) is 0.0833. The van der Waals surface area contributed by atoms with Crippen molar-refractivity contribution in [3.8, 4) is 0 Å². The summed E-state index contributed by atoms with van der Waals surface area (Å²) in [5, 5.41) is 2.79. The first-order valence-electron chi connectivity index (χ1n) is 5.11. The van der Waals surface area contributed by atoms with Crippen LogP contribution in [0.3, 0.4) is 0 Å². The molecular weight excluding hydrogens is 257 g/mol. The van der Waals surface area contributed by atoms with E-state index in [9.17, 15) is 9.18 Å². The minimum Gasteiger partial charge on any atom is -0.305 e. The van der Waals surface area contributed by atoms with Crippen LogP contribution in [0, 0.1) is 12.7 Å². The molecule has 1 aromatic heterocycles. The van der Waals surface area contributed by atoms with Crippen LogP contribution in [0.5, 0.6) is 0 Å². The fourth-order valence-electron chi connectivity index (χ4n) is 1.44. The van der Waals surface area contributed by atoms with E-state index in [1.807, 2.05) is 0 Å². The van der Waals surface area contributed by atoms with E-state index in [4.69, 9.17) is 11.6 Å². The van der Waals surface area contributed by atoms with Gasteiger partial charge in [-0.1, -0.05) is 11.6 Å². The molecule has 0 spiro atoms. The molecule has 0 unspecified atom stereocenters. The van der Waals surface area contributed by atoms with Crippen LogP contribution < -0.4 is 5.32 Å². The highest BCUT2D eigenvalue weighted by molar-refractivity contribution is 6.29. The van der Waals surface area contributed by atoms with Gasteiger partial charge in [-0.05, 0) is 30.7 Å². The molecule has 2 rings (SSSR count). The zero-order valence-corrected chi connectivity index (χ0v) is 10.2. The summed E-state index contributed by atoms with van der Waals surface area (Å²) in [4.78, 5) is 19.6. The highest BCUT2D eigenvalue weighted by Crippen LogP contribution is 2.12. The van der Waals surface area contributed by atoms with Crippen LogP contribution in [0.2, 0.25) is 5.15 Å². The van der Waals surface area contributed by atoms with Crippen LogP contribution in [-0.2, 0) is 0 Å². The molecule has 1 heterocycles. The first kappa shape index (κ1) is 12.4. The lowest BCUT2D eigenvalue weighted by atomic mass is 10.1. The monoisotopic (exact) mass is 265 g/mol. The topological polar surface area (TPSA) is 54.9 Å². The van der Waals surface area contributed by atoms with E-state index in [0.29, 0.717) is 11.1 Å². The predicted molar refractivity (Wildman–Crippen MR) is 66.1 cm³/mol. The van der Waals surface area contributed by atoms with Crippen LogP contribution in [0.1, 0.15) is 15.9 Å². The molecule has 1 N–H and O–H groups in total. The minimum absolute atomic E-state index is 0.242. The Hall–Kier alpha value is -2.01. The number of carbonyl (C=O) groups excluding carboxylic acids is 1. The van der Waals surface area contributed by atoms with Crippen molar-refractivity contribution in [1.29, 1.82) is 0 Å². The maximum absolute atomic E-state index is 12.9. The van der Waals surface area contributed by atoms with E-state index in [2.05, 4.69) is 15.3 Å². The lowest BCUT2D eigenvalue weighted by Gasteiger charge is -2.06. The van der Waals surface area contributed by atoms with Crippen LogP contribution >= 0.6 is 11.6 Å². The fourth-order valence-corrected chi connectivity index (χ4v) is 1.54. The molecule has 2 aromatic rings. The van der Waals surface area contributed by atoms with Gasteiger partial charge in [-0.15, -0.1) is 0 Å². The molecule has 4 nitrogen and oxygen atoms in total. The number of amides is 1. The van der Waals surface area contributed by atoms with E-state index in [1.165, 1.54) is 30.6 Å². The molecule has 0 bridgehead atoms. The maximum Gasteiger partial charge on any atom is 0.257 e. The van der Waals surface area contributed by atoms with E-state index in [1.54, 1.807) is 6.92 Å². The highest BCUT2D eigenvalue weighted by atomic mass is 35.5. The van der Waals surface area contributed by atoms with E-state index in [0.717, 1.165) is 0 Å². The number of halogens is 2. The first-order valence-corrected chi connectivity index (χ1v) is 5.49. The second-order valence-corrected chi connectivity index (χ2v) is 4.02. The van der Waals surface area contributed by atoms with Gasteiger partial charge in [0.05, 0.1) is 12.4 Å². The number of hydrogen-bond donors (Lipinski definition) is 1. The van der Waals surface area contributed by atoms with Crippen molar-refractivity contribution < 1.29 is 9.18 Å². The van der Waals surface area contributed by atoms with Gasteiger partial charge < -0.3 is 5.32 Å². The van der Waals surface area contributed by atoms with Gasteiger partial charge in [0.2, 0.25) is 0 Å². The number of rotatable bonds is 2. The molecule has 0 radical (unpaired) electrons. The van der Waals surface area contributed by atoms with E-state index >= 15 is 0 Å². The summed E-state index contributed by atoms with van der Waals surface area (Å²) in [6.07, 6.45) is 2.67. The Morgan fingerprint density at radius 3 is 2.72 bits per heavy atom. The average Bonchev–Trinajstić information content (AvgIpc) is 2.32. The smallest absolute Gasteiger partial charge is 0.257 e. The molecule has 0 aliphatic rings. The number of nitrogens with one attached hydrogen (secondary N) is 1. The highest BCUT2D eigenvalue weighted by Gasteiger charge is 2.10. The zero-order chi connectivity index (χ0) is 13.1. The number of carbonyl (C=O) groups is 1. The molecule has 1 aromatic carbocycles. The van der Waals surface area contributed by atoms with Crippen molar-refractivity contribution in [2.45, 2.75) is 6.92 Å². The SMILES string of the molecule is Cc1cc(F)ccc1C(=O)Nc1cnc(Cl)cn1. The summed E-state index contributed by atoms with van der Waals surface area (Å²) < 4.78 is 12.9. The Balaban J connectivity index is 2.19. The van der Waals surface area contributed by atoms with Crippen LogP contribution in [0.4, 0.5) is 10.2 Å². The molecule has 0 saturated carbocycles. The van der Waals surface area contributed by atoms with Gasteiger partial charge >= 0.3 is 0 Å². The van der Waals surface area contributed by atoms with Crippen molar-refractivity contribution in [2.75, 3.05) is 5.32 Å². The third-order valence-electron chi connectivity index (χ3n) is 2.30. The average molecular weight is 266 g/mol. The number of benzene rings is 1. The van der Waals surface area contributed by atoms with Gasteiger partial charge in [-0.25, -0.2) is 14.4 Å². The van der Waals surface area contributed by atoms with Crippen molar-refractivity contribution >= 4 is 23.3 Å². The summed E-state index contributed by atoms with van der Waals surface area (Å²) in [6, 6.07) is 3.95. The van der Waals surface area contributed by atoms with Gasteiger partial charge in [0.1, 0.15) is 11.0 Å². The number of nitrogens with zero attached hydrogens (tertiary/aromatic N) is 2. The third-order valence-corrected chi connectivity index (χ3v) is 2.49. The molecule has 0 aliphatic heterocycles. The number of aryl methyl sites for hydroxylation is 1. The van der Waals surface area contributed by atoms with Gasteiger partial charge in [-0.3, -0.25) is 4.79 Å². The molecule has 1 amide bonds. The Morgan fingerprint density at radius 1 is 1.33 bits per heavy atom. The van der Waals surface area contributed by atoms with Crippen LogP contribution in [0.25, 0.3) is 0 Å². The summed E-state index contributed by atoms with van der Waals surface area (Å²) in [6.45, 7) is 1.66. The van der Waals surface area contributed by atoms with Crippen molar-refractivity contribution in [3.05, 3.63) is 52.7 Å². The predicted octanol–water partition coefficient (Wildman–Crippen LogP) is 2.83. The van der Waals surface area contributed by atoms with Crippen LogP contribution in [-0.4, -0.2) is 15.9 Å². The minimum atomic E-state index is -0.379. The van der Waals surface area contributed by atoms with E-state index in [-0.39, 0.29) is 22.7 Å². The summed E-state index contributed by atoms with van der Waals surface area (Å²) >= 11 is 5.58. The molecule has 0 fully saturated rings. The Bertz CT molecular complexity index is 586. The van der Waals surface area contributed by atoms with Crippen molar-refractivity contribution in [3.63, 3.8) is 0 Å². The molecule has 0 atom stereocenters. The number of hydrogen-bond acceptors (Lipinski definition) is 3. The van der Waals surface area contributed by atoms with Gasteiger partial charge in [0.15, 0.2) is 5.82 Å². The van der Waals surface area contributed by atoms with Gasteiger partial charge in [0, 0.05) is 5.56 Å². The first-order chi connectivity index (χ1) is 8.56. The standard InChI is InChI=1S/C12H9ClFN3O/c1-7-4-8(14)2-3-9(7)12(18)17-11-6-15-10(13)5-16-11/h2-6H,1H3,(H,16,17,18). The van der Waals surface area contributed by atoms with Gasteiger partial charge in [0.25, 0.3) is 5.91 Å². The molecule has 18 heavy (non-hydrogen) atoms. The van der Waals surface area contributed by atoms with E-state index < -0.39 is 0 Å². The summed E-state index contributed by atoms with van der Waals surface area (Å²) in [5.74, 6) is -0.465. The van der Waals surface area contributed by atoms with Crippen molar-refractivity contribution in [1.82, 2.24) is 9.97 Å². The molecule has 92 valence electrons. The lowest BCUT2D eigenvalue weighted by Crippen LogP contribution is -2.14. The quantitative estimate of drug-likeness (QED) is 0.908. The molecule has 6 heteroatoms. The molecular formula is C12H9ClFN3O. The largest absolute Gasteiger partial charge is 0.305 e. The third kappa shape index (κ3) is 2.81. The summed E-state index contributed by atoms with van der Waals surface area (Å²) in [5.41, 5.74) is 0.933. The Labute approximate surface area is 108 Å². The molecule has 0 saturated heterocycles. The number of aromatic nitrogens is 2. The lowest BCUT2D eigenvalue weighted by molar-refractivity contribution is 0.102. The zero-order valence-electron chi connectivity index (χ0n) is 9.45. The van der Waals surface area contributed by atoms with Crippen LogP contribution in [0.15, 0.2) is 30.6 Å². The maximum atomic E-state index is 12.9. The van der Waals surface area contributed by atoms with Gasteiger partial charge in [-0.2, -0.15) is 0 Å². The summed E-state index contributed by atoms with van der Waals surface area (Å²) in [7, 11) is 0. The normalized spacial score (nSPS) is 10.2. The Kier molecular flexibility index (Phi) is 3.53. The Morgan fingerprint density at radius 2 is 2.11 bits per heavy atom. The second kappa shape index (κ2) is 5.10.